The molecule has 2 aromatic rings. The van der Waals surface area contributed by atoms with E-state index in [1.54, 1.807) is 4.57 Å². The van der Waals surface area contributed by atoms with Crippen LogP contribution >= 0.6 is 0 Å². The van der Waals surface area contributed by atoms with Crippen LogP contribution < -0.4 is 9.47 Å². The summed E-state index contributed by atoms with van der Waals surface area (Å²) >= 11 is 0. The summed E-state index contributed by atoms with van der Waals surface area (Å²) in [5.41, 5.74) is -0.677. The first-order chi connectivity index (χ1) is 10.5. The lowest BCUT2D eigenvalue weighted by Gasteiger charge is -2.32. The van der Waals surface area contributed by atoms with Crippen molar-refractivity contribution < 1.29 is 18.8 Å². The van der Waals surface area contributed by atoms with Gasteiger partial charge in [0.1, 0.15) is 24.2 Å². The van der Waals surface area contributed by atoms with Crippen molar-refractivity contribution in [2.24, 2.45) is 0 Å². The SMILES string of the molecule is CC1(COc2ccc(F)nc2)CCn2cc([N+](=O)[O-])nc2O1. The monoisotopic (exact) mass is 308 g/mol. The van der Waals surface area contributed by atoms with E-state index in [-0.39, 0.29) is 18.4 Å². The van der Waals surface area contributed by atoms with Crippen molar-refractivity contribution in [3.8, 4) is 11.8 Å². The van der Waals surface area contributed by atoms with Gasteiger partial charge in [-0.05, 0) is 24.0 Å². The van der Waals surface area contributed by atoms with Gasteiger partial charge in [0, 0.05) is 17.9 Å². The number of aromatic nitrogens is 3. The van der Waals surface area contributed by atoms with Gasteiger partial charge >= 0.3 is 11.8 Å². The Morgan fingerprint density at radius 1 is 1.59 bits per heavy atom. The quantitative estimate of drug-likeness (QED) is 0.487. The lowest BCUT2D eigenvalue weighted by atomic mass is 10.0. The zero-order valence-electron chi connectivity index (χ0n) is 11.7. The Morgan fingerprint density at radius 2 is 2.41 bits per heavy atom. The molecule has 1 atom stereocenters. The van der Waals surface area contributed by atoms with Crippen LogP contribution in [0.15, 0.2) is 24.5 Å². The van der Waals surface area contributed by atoms with E-state index in [9.17, 15) is 14.5 Å². The minimum Gasteiger partial charge on any atom is -0.488 e. The molecule has 2 aromatic heterocycles. The highest BCUT2D eigenvalue weighted by molar-refractivity contribution is 5.22. The molecule has 3 rings (SSSR count). The maximum absolute atomic E-state index is 12.7. The molecule has 0 bridgehead atoms. The van der Waals surface area contributed by atoms with Crippen molar-refractivity contribution in [1.82, 2.24) is 14.5 Å². The number of nitro groups is 1. The highest BCUT2D eigenvalue weighted by atomic mass is 19.1. The lowest BCUT2D eigenvalue weighted by Crippen LogP contribution is -2.43. The second-order valence-corrected chi connectivity index (χ2v) is 5.24. The maximum atomic E-state index is 12.7. The molecule has 0 saturated carbocycles. The predicted molar refractivity (Wildman–Crippen MR) is 72.2 cm³/mol. The van der Waals surface area contributed by atoms with Gasteiger partial charge in [-0.25, -0.2) is 4.98 Å². The molecule has 1 aliphatic rings. The minimum absolute atomic E-state index is 0.195. The van der Waals surface area contributed by atoms with Gasteiger partial charge in [-0.15, -0.1) is 0 Å². The van der Waals surface area contributed by atoms with Crippen molar-refractivity contribution in [3.05, 3.63) is 40.6 Å². The normalized spacial score (nSPS) is 20.1. The molecule has 9 heteroatoms. The van der Waals surface area contributed by atoms with Crippen molar-refractivity contribution in [1.29, 1.82) is 0 Å². The summed E-state index contributed by atoms with van der Waals surface area (Å²) in [6.07, 6.45) is 3.23. The minimum atomic E-state index is -0.677. The zero-order valence-corrected chi connectivity index (χ0v) is 11.7. The van der Waals surface area contributed by atoms with Crippen LogP contribution in [0.1, 0.15) is 13.3 Å². The number of fused-ring (bicyclic) bond motifs is 1. The van der Waals surface area contributed by atoms with Crippen LogP contribution in [0, 0.1) is 16.1 Å². The number of ether oxygens (including phenoxy) is 2. The second-order valence-electron chi connectivity index (χ2n) is 5.24. The second kappa shape index (κ2) is 5.24. The van der Waals surface area contributed by atoms with Crippen LogP contribution in [0.25, 0.3) is 0 Å². The smallest absolute Gasteiger partial charge is 0.414 e. The first-order valence-corrected chi connectivity index (χ1v) is 6.60. The van der Waals surface area contributed by atoms with Crippen molar-refractivity contribution in [2.75, 3.05) is 6.61 Å². The van der Waals surface area contributed by atoms with Crippen LogP contribution in [0.5, 0.6) is 11.8 Å². The third-order valence-corrected chi connectivity index (χ3v) is 3.38. The van der Waals surface area contributed by atoms with Gasteiger partial charge in [-0.2, -0.15) is 4.39 Å². The van der Waals surface area contributed by atoms with E-state index >= 15 is 0 Å². The third-order valence-electron chi connectivity index (χ3n) is 3.38. The van der Waals surface area contributed by atoms with Gasteiger partial charge in [0.05, 0.1) is 6.20 Å². The Hall–Kier alpha value is -2.71. The number of aryl methyl sites for hydroxylation is 1. The van der Waals surface area contributed by atoms with Gasteiger partial charge in [0.15, 0.2) is 0 Å². The molecular formula is C13H13FN4O4. The average Bonchev–Trinajstić information content (AvgIpc) is 2.90. The fourth-order valence-corrected chi connectivity index (χ4v) is 2.13. The Morgan fingerprint density at radius 3 is 3.09 bits per heavy atom. The van der Waals surface area contributed by atoms with Crippen LogP contribution in [-0.4, -0.2) is 31.7 Å². The van der Waals surface area contributed by atoms with E-state index < -0.39 is 16.5 Å². The first-order valence-electron chi connectivity index (χ1n) is 6.60. The molecule has 0 aliphatic carbocycles. The molecule has 22 heavy (non-hydrogen) atoms. The highest BCUT2D eigenvalue weighted by Gasteiger charge is 2.37. The maximum Gasteiger partial charge on any atom is 0.414 e. The molecule has 0 saturated heterocycles. The van der Waals surface area contributed by atoms with E-state index in [1.165, 1.54) is 24.5 Å². The van der Waals surface area contributed by atoms with Crippen molar-refractivity contribution in [3.63, 3.8) is 0 Å². The summed E-state index contributed by atoms with van der Waals surface area (Å²) in [6, 6.07) is 2.87. The molecule has 1 aliphatic heterocycles. The van der Waals surface area contributed by atoms with Gasteiger partial charge in [-0.1, -0.05) is 0 Å². The number of pyridine rings is 1. The van der Waals surface area contributed by atoms with E-state index in [1.807, 2.05) is 6.92 Å². The number of hydrogen-bond donors (Lipinski definition) is 0. The highest BCUT2D eigenvalue weighted by Crippen LogP contribution is 2.30. The Balaban J connectivity index is 1.69. The summed E-state index contributed by atoms with van der Waals surface area (Å²) < 4.78 is 25.6. The number of imidazole rings is 1. The van der Waals surface area contributed by atoms with E-state index in [0.717, 1.165) is 0 Å². The molecule has 0 radical (unpaired) electrons. The molecule has 0 fully saturated rings. The molecule has 8 nitrogen and oxygen atoms in total. The van der Waals surface area contributed by atoms with Crippen molar-refractivity contribution in [2.45, 2.75) is 25.5 Å². The Labute approximate surface area is 124 Å². The fraction of sp³-hybridized carbons (Fsp3) is 0.385. The number of hydrogen-bond acceptors (Lipinski definition) is 6. The summed E-state index contributed by atoms with van der Waals surface area (Å²) in [5, 5.41) is 10.7. The number of nitrogens with zero attached hydrogens (tertiary/aromatic N) is 4. The molecule has 0 N–H and O–H groups in total. The number of halogens is 1. The topological polar surface area (TPSA) is 92.3 Å². The molecule has 0 spiro atoms. The predicted octanol–water partition coefficient (Wildman–Crippen LogP) is 1.95. The summed E-state index contributed by atoms with van der Waals surface area (Å²) in [4.78, 5) is 17.5. The van der Waals surface area contributed by atoms with E-state index in [0.29, 0.717) is 18.7 Å². The van der Waals surface area contributed by atoms with Crippen LogP contribution in [0.2, 0.25) is 0 Å². The summed E-state index contributed by atoms with van der Waals surface area (Å²) in [6.45, 7) is 2.56. The average molecular weight is 308 g/mol. The lowest BCUT2D eigenvalue weighted by molar-refractivity contribution is -0.389. The molecule has 0 aromatic carbocycles. The Bertz CT molecular complexity index is 703. The van der Waals surface area contributed by atoms with Gasteiger partial charge in [0.25, 0.3) is 0 Å². The number of rotatable bonds is 4. The van der Waals surface area contributed by atoms with Gasteiger partial charge in [0.2, 0.25) is 5.95 Å². The fourth-order valence-electron chi connectivity index (χ4n) is 2.13. The van der Waals surface area contributed by atoms with Crippen LogP contribution in [0.4, 0.5) is 10.2 Å². The summed E-state index contributed by atoms with van der Waals surface area (Å²) in [7, 11) is 0. The van der Waals surface area contributed by atoms with Gasteiger partial charge in [-0.3, -0.25) is 4.57 Å². The standard InChI is InChI=1S/C13H13FN4O4/c1-13(8-21-9-2-3-10(14)15-6-9)4-5-17-7-11(18(19)20)16-12(17)22-13/h2-3,6-7H,4-5,8H2,1H3. The van der Waals surface area contributed by atoms with Gasteiger partial charge < -0.3 is 19.6 Å². The largest absolute Gasteiger partial charge is 0.488 e. The van der Waals surface area contributed by atoms with Crippen LogP contribution in [-0.2, 0) is 6.54 Å². The Kier molecular flexibility index (Phi) is 3.39. The molecule has 3 heterocycles. The molecule has 116 valence electrons. The molecule has 0 amide bonds. The van der Waals surface area contributed by atoms with E-state index in [2.05, 4.69) is 9.97 Å². The zero-order chi connectivity index (χ0) is 15.7. The van der Waals surface area contributed by atoms with E-state index in [4.69, 9.17) is 9.47 Å². The van der Waals surface area contributed by atoms with Crippen molar-refractivity contribution >= 4 is 5.82 Å². The summed E-state index contributed by atoms with van der Waals surface area (Å²) in [5.74, 6) is -0.407. The molecular weight excluding hydrogens is 295 g/mol. The van der Waals surface area contributed by atoms with Crippen LogP contribution in [0.3, 0.4) is 0 Å². The molecule has 1 unspecified atom stereocenters. The first kappa shape index (κ1) is 14.2. The third kappa shape index (κ3) is 2.83.